The molecule has 2 heterocycles. The van der Waals surface area contributed by atoms with Gasteiger partial charge in [0, 0.05) is 25.4 Å². The van der Waals surface area contributed by atoms with Crippen LogP contribution in [-0.4, -0.2) is 42.1 Å². The highest BCUT2D eigenvalue weighted by atomic mass is 32.2. The van der Waals surface area contributed by atoms with E-state index in [0.717, 1.165) is 45.0 Å². The van der Waals surface area contributed by atoms with Gasteiger partial charge in [-0.3, -0.25) is 9.89 Å². The summed E-state index contributed by atoms with van der Waals surface area (Å²) < 4.78 is 5.41. The Morgan fingerprint density at radius 3 is 2.95 bits per heavy atom. The fourth-order valence-corrected chi connectivity index (χ4v) is 3.89. The van der Waals surface area contributed by atoms with Crippen molar-refractivity contribution >= 4 is 16.9 Å². The third kappa shape index (κ3) is 3.59. The van der Waals surface area contributed by atoms with Crippen molar-refractivity contribution in [2.24, 2.45) is 10.7 Å². The fraction of sp³-hybridized carbons (Fsp3) is 0.562. The summed E-state index contributed by atoms with van der Waals surface area (Å²) in [5, 5.41) is 0.710. The van der Waals surface area contributed by atoms with Crippen LogP contribution in [0.3, 0.4) is 0 Å². The summed E-state index contributed by atoms with van der Waals surface area (Å²) in [6, 6.07) is 8.81. The number of amidine groups is 1. The number of thioether (sulfide) groups is 1. The van der Waals surface area contributed by atoms with Crippen molar-refractivity contribution in [3.05, 3.63) is 35.4 Å². The van der Waals surface area contributed by atoms with Gasteiger partial charge < -0.3 is 10.5 Å². The number of morpholine rings is 1. The first-order chi connectivity index (χ1) is 10.2. The third-order valence-corrected chi connectivity index (χ3v) is 5.05. The summed E-state index contributed by atoms with van der Waals surface area (Å²) in [5.41, 5.74) is 8.38. The van der Waals surface area contributed by atoms with Crippen molar-refractivity contribution in [2.45, 2.75) is 25.4 Å². The van der Waals surface area contributed by atoms with Crippen LogP contribution in [-0.2, 0) is 16.8 Å². The lowest BCUT2D eigenvalue weighted by atomic mass is 9.89. The largest absolute Gasteiger partial charge is 0.379 e. The fourth-order valence-electron chi connectivity index (χ4n) is 2.92. The summed E-state index contributed by atoms with van der Waals surface area (Å²) in [5.74, 6) is 1.04. The Bertz CT molecular complexity index is 528. The van der Waals surface area contributed by atoms with Crippen molar-refractivity contribution < 1.29 is 4.74 Å². The molecule has 1 aromatic carbocycles. The summed E-state index contributed by atoms with van der Waals surface area (Å²) in [4.78, 5) is 7.14. The Balaban J connectivity index is 1.77. The number of aliphatic imine (C=N–C) groups is 1. The van der Waals surface area contributed by atoms with E-state index in [1.54, 1.807) is 11.8 Å². The predicted molar refractivity (Wildman–Crippen MR) is 88.6 cm³/mol. The molecule has 1 fully saturated rings. The van der Waals surface area contributed by atoms with E-state index in [-0.39, 0.29) is 5.54 Å². The van der Waals surface area contributed by atoms with Gasteiger partial charge in [-0.25, -0.2) is 0 Å². The van der Waals surface area contributed by atoms with E-state index in [4.69, 9.17) is 15.5 Å². The van der Waals surface area contributed by atoms with Gasteiger partial charge in [-0.1, -0.05) is 36.0 Å². The van der Waals surface area contributed by atoms with Gasteiger partial charge in [-0.05, 0) is 24.5 Å². The predicted octanol–water partition coefficient (Wildman–Crippen LogP) is 2.19. The van der Waals surface area contributed by atoms with Crippen LogP contribution >= 0.6 is 11.8 Å². The van der Waals surface area contributed by atoms with Crippen LogP contribution in [0.1, 0.15) is 24.5 Å². The first-order valence-electron chi connectivity index (χ1n) is 7.53. The van der Waals surface area contributed by atoms with Crippen molar-refractivity contribution in [3.63, 3.8) is 0 Å². The molecule has 0 aliphatic carbocycles. The number of nitrogens with zero attached hydrogens (tertiary/aromatic N) is 2. The molecule has 1 atom stereocenters. The van der Waals surface area contributed by atoms with Crippen molar-refractivity contribution in [3.8, 4) is 0 Å². The molecule has 0 unspecified atom stereocenters. The normalized spacial score (nSPS) is 27.4. The van der Waals surface area contributed by atoms with Crippen LogP contribution in [0.15, 0.2) is 29.3 Å². The molecule has 1 aromatic rings. The second-order valence-electron chi connectivity index (χ2n) is 5.91. The lowest BCUT2D eigenvalue weighted by Crippen LogP contribution is -2.35. The molecule has 5 heteroatoms. The average Bonchev–Trinajstić information content (AvgIpc) is 2.48. The van der Waals surface area contributed by atoms with Gasteiger partial charge in [0.05, 0.1) is 18.8 Å². The van der Waals surface area contributed by atoms with Crippen molar-refractivity contribution in [1.82, 2.24) is 4.90 Å². The lowest BCUT2D eigenvalue weighted by molar-refractivity contribution is 0.0342. The molecule has 1 saturated heterocycles. The van der Waals surface area contributed by atoms with Gasteiger partial charge in [0.25, 0.3) is 0 Å². The molecule has 0 radical (unpaired) electrons. The third-order valence-electron chi connectivity index (χ3n) is 4.25. The molecule has 4 nitrogen and oxygen atoms in total. The van der Waals surface area contributed by atoms with Gasteiger partial charge in [-0.2, -0.15) is 0 Å². The van der Waals surface area contributed by atoms with Crippen LogP contribution in [0, 0.1) is 0 Å². The van der Waals surface area contributed by atoms with Crippen LogP contribution in [0.25, 0.3) is 0 Å². The topological polar surface area (TPSA) is 50.9 Å². The highest BCUT2D eigenvalue weighted by Gasteiger charge is 2.29. The minimum absolute atomic E-state index is 0.170. The number of ether oxygens (including phenoxy) is 1. The molecule has 2 N–H and O–H groups in total. The highest BCUT2D eigenvalue weighted by Crippen LogP contribution is 2.35. The summed E-state index contributed by atoms with van der Waals surface area (Å²) in [6.45, 7) is 6.89. The van der Waals surface area contributed by atoms with Crippen molar-refractivity contribution in [1.29, 1.82) is 0 Å². The van der Waals surface area contributed by atoms with Gasteiger partial charge >= 0.3 is 0 Å². The van der Waals surface area contributed by atoms with E-state index < -0.39 is 0 Å². The van der Waals surface area contributed by atoms with E-state index >= 15 is 0 Å². The van der Waals surface area contributed by atoms with Crippen LogP contribution in [0.2, 0.25) is 0 Å². The molecule has 21 heavy (non-hydrogen) atoms. The molecule has 0 aromatic heterocycles. The standard InChI is InChI=1S/C16H23N3OS/c1-16(5-10-21-15(17)18-16)14-4-2-3-13(11-14)12-19-6-8-20-9-7-19/h2-4,11H,5-10,12H2,1H3,(H2,17,18)/t16-/m0/s1. The SMILES string of the molecule is C[C@@]1(c2cccc(CN3CCOCC3)c2)CCSC(N)=N1. The smallest absolute Gasteiger partial charge is 0.154 e. The van der Waals surface area contributed by atoms with Gasteiger partial charge in [-0.15, -0.1) is 0 Å². The molecule has 2 aliphatic heterocycles. The second kappa shape index (κ2) is 6.38. The average molecular weight is 305 g/mol. The molecular formula is C16H23N3OS. The molecular weight excluding hydrogens is 282 g/mol. The number of hydrogen-bond donors (Lipinski definition) is 1. The van der Waals surface area contributed by atoms with Crippen LogP contribution in [0.4, 0.5) is 0 Å². The molecule has 0 amide bonds. The summed E-state index contributed by atoms with van der Waals surface area (Å²) >= 11 is 1.65. The molecule has 0 bridgehead atoms. The lowest BCUT2D eigenvalue weighted by Gasteiger charge is -2.31. The van der Waals surface area contributed by atoms with E-state index in [1.165, 1.54) is 11.1 Å². The Morgan fingerprint density at radius 1 is 1.38 bits per heavy atom. The Hall–Kier alpha value is -1.04. The Labute approximate surface area is 130 Å². The van der Waals surface area contributed by atoms with Crippen molar-refractivity contribution in [2.75, 3.05) is 32.1 Å². The van der Waals surface area contributed by atoms with E-state index in [9.17, 15) is 0 Å². The molecule has 0 spiro atoms. The van der Waals surface area contributed by atoms with Crippen LogP contribution < -0.4 is 5.73 Å². The first-order valence-corrected chi connectivity index (χ1v) is 8.52. The van der Waals surface area contributed by atoms with E-state index in [2.05, 4.69) is 36.1 Å². The highest BCUT2D eigenvalue weighted by molar-refractivity contribution is 8.13. The minimum atomic E-state index is -0.170. The van der Waals surface area contributed by atoms with Gasteiger partial charge in [0.15, 0.2) is 5.17 Å². The Kier molecular flexibility index (Phi) is 4.52. The maximum absolute atomic E-state index is 5.93. The summed E-state index contributed by atoms with van der Waals surface area (Å²) in [7, 11) is 0. The number of hydrogen-bond acceptors (Lipinski definition) is 5. The van der Waals surface area contributed by atoms with Gasteiger partial charge in [0.2, 0.25) is 0 Å². The second-order valence-corrected chi connectivity index (χ2v) is 7.03. The number of rotatable bonds is 3. The van der Waals surface area contributed by atoms with Gasteiger partial charge in [0.1, 0.15) is 0 Å². The zero-order valence-corrected chi connectivity index (χ0v) is 13.4. The minimum Gasteiger partial charge on any atom is -0.379 e. The molecule has 2 aliphatic rings. The van der Waals surface area contributed by atoms with Crippen LogP contribution in [0.5, 0.6) is 0 Å². The number of benzene rings is 1. The zero-order chi connectivity index (χ0) is 14.7. The molecule has 0 saturated carbocycles. The maximum atomic E-state index is 5.93. The maximum Gasteiger partial charge on any atom is 0.154 e. The molecule has 3 rings (SSSR count). The summed E-state index contributed by atoms with van der Waals surface area (Å²) in [6.07, 6.45) is 1.04. The molecule has 114 valence electrons. The number of nitrogens with two attached hydrogens (primary N) is 1. The van der Waals surface area contributed by atoms with E-state index in [1.807, 2.05) is 0 Å². The zero-order valence-electron chi connectivity index (χ0n) is 12.5. The van der Waals surface area contributed by atoms with E-state index in [0.29, 0.717) is 5.17 Å². The quantitative estimate of drug-likeness (QED) is 0.930. The monoisotopic (exact) mass is 305 g/mol. The Morgan fingerprint density at radius 2 is 2.19 bits per heavy atom. The first kappa shape index (κ1) is 14.9.